The van der Waals surface area contributed by atoms with Crippen LogP contribution in [0.3, 0.4) is 0 Å². The first-order valence-corrected chi connectivity index (χ1v) is 9.92. The SMILES string of the molecule is Cc1ccc(NC(=O)C2CCCN(c3cc(C#N)c4cc([N+](=O)[O-])ccc4n3)C2)nc1. The van der Waals surface area contributed by atoms with Crippen molar-refractivity contribution in [3.8, 4) is 6.07 Å². The molecule has 156 valence electrons. The van der Waals surface area contributed by atoms with E-state index in [9.17, 15) is 20.2 Å². The number of hydrogen-bond donors (Lipinski definition) is 1. The van der Waals surface area contributed by atoms with Crippen LogP contribution in [0.2, 0.25) is 0 Å². The first kappa shape index (κ1) is 20.2. The number of nitriles is 1. The van der Waals surface area contributed by atoms with Crippen LogP contribution in [-0.2, 0) is 4.79 Å². The number of aromatic nitrogens is 2. The van der Waals surface area contributed by atoms with E-state index < -0.39 is 4.92 Å². The molecule has 4 rings (SSSR count). The lowest BCUT2D eigenvalue weighted by atomic mass is 9.97. The summed E-state index contributed by atoms with van der Waals surface area (Å²) in [7, 11) is 0. The first-order chi connectivity index (χ1) is 14.9. The predicted molar refractivity (Wildman–Crippen MR) is 116 cm³/mol. The number of benzene rings is 1. The molecule has 1 amide bonds. The molecule has 31 heavy (non-hydrogen) atoms. The molecule has 1 fully saturated rings. The lowest BCUT2D eigenvalue weighted by molar-refractivity contribution is -0.384. The number of piperidine rings is 1. The molecule has 3 aromatic rings. The number of nitrogens with one attached hydrogen (secondary N) is 1. The Morgan fingerprint density at radius 3 is 2.87 bits per heavy atom. The van der Waals surface area contributed by atoms with Crippen LogP contribution in [0.25, 0.3) is 10.9 Å². The normalized spacial score (nSPS) is 16.0. The van der Waals surface area contributed by atoms with Gasteiger partial charge in [0.15, 0.2) is 0 Å². The van der Waals surface area contributed by atoms with Crippen molar-refractivity contribution in [1.29, 1.82) is 5.26 Å². The Hall–Kier alpha value is -4.06. The van der Waals surface area contributed by atoms with E-state index in [2.05, 4.69) is 21.4 Å². The van der Waals surface area contributed by atoms with E-state index in [1.807, 2.05) is 17.9 Å². The molecule has 1 unspecified atom stereocenters. The van der Waals surface area contributed by atoms with Gasteiger partial charge in [-0.15, -0.1) is 0 Å². The van der Waals surface area contributed by atoms with Gasteiger partial charge in [0, 0.05) is 36.8 Å². The summed E-state index contributed by atoms with van der Waals surface area (Å²) in [4.78, 5) is 34.1. The highest BCUT2D eigenvalue weighted by molar-refractivity contribution is 5.92. The zero-order valence-electron chi connectivity index (χ0n) is 16.9. The number of hydrogen-bond acceptors (Lipinski definition) is 7. The topological polar surface area (TPSA) is 125 Å². The maximum atomic E-state index is 12.8. The Morgan fingerprint density at radius 1 is 1.32 bits per heavy atom. The minimum atomic E-state index is -0.495. The van der Waals surface area contributed by atoms with Gasteiger partial charge in [0.25, 0.3) is 5.69 Å². The van der Waals surface area contributed by atoms with Crippen LogP contribution in [0.1, 0.15) is 24.0 Å². The molecule has 0 spiro atoms. The number of nitro benzene ring substituents is 1. The van der Waals surface area contributed by atoms with Crippen molar-refractivity contribution in [2.45, 2.75) is 19.8 Å². The molecular formula is C22H20N6O3. The fraction of sp³-hybridized carbons (Fsp3) is 0.273. The van der Waals surface area contributed by atoms with Crippen molar-refractivity contribution >= 4 is 34.1 Å². The number of rotatable bonds is 4. The number of pyridine rings is 2. The van der Waals surface area contributed by atoms with Gasteiger partial charge in [-0.1, -0.05) is 6.07 Å². The fourth-order valence-corrected chi connectivity index (χ4v) is 3.74. The molecule has 0 radical (unpaired) electrons. The summed E-state index contributed by atoms with van der Waals surface area (Å²) in [6.45, 7) is 3.11. The van der Waals surface area contributed by atoms with Crippen molar-refractivity contribution in [3.05, 3.63) is 63.8 Å². The molecule has 1 saturated heterocycles. The standard InChI is InChI=1S/C22H20N6O3/c1-14-4-7-20(24-12-14)26-22(29)15-3-2-8-27(13-15)21-9-16(11-23)18-10-17(28(30)31)5-6-19(18)25-21/h4-7,9-10,12,15H,2-3,8,13H2,1H3,(H,24,26,29). The summed E-state index contributed by atoms with van der Waals surface area (Å²) in [5.41, 5.74) is 1.76. The van der Waals surface area contributed by atoms with Crippen LogP contribution in [0, 0.1) is 34.3 Å². The number of amides is 1. The third-order valence-electron chi connectivity index (χ3n) is 5.39. The third-order valence-corrected chi connectivity index (χ3v) is 5.39. The van der Waals surface area contributed by atoms with Gasteiger partial charge in [-0.2, -0.15) is 5.26 Å². The molecule has 0 saturated carbocycles. The first-order valence-electron chi connectivity index (χ1n) is 9.92. The van der Waals surface area contributed by atoms with Crippen LogP contribution in [-0.4, -0.2) is 33.9 Å². The van der Waals surface area contributed by atoms with Gasteiger partial charge >= 0.3 is 0 Å². The zero-order valence-corrected chi connectivity index (χ0v) is 16.9. The highest BCUT2D eigenvalue weighted by Crippen LogP contribution is 2.29. The minimum Gasteiger partial charge on any atom is -0.356 e. The number of nitro groups is 1. The summed E-state index contributed by atoms with van der Waals surface area (Å²) in [5, 5.41) is 23.9. The smallest absolute Gasteiger partial charge is 0.270 e. The van der Waals surface area contributed by atoms with Crippen LogP contribution in [0.4, 0.5) is 17.3 Å². The summed E-state index contributed by atoms with van der Waals surface area (Å²) in [5.74, 6) is 0.767. The Kier molecular flexibility index (Phi) is 5.45. The van der Waals surface area contributed by atoms with Crippen molar-refractivity contribution in [3.63, 3.8) is 0 Å². The number of non-ortho nitro benzene ring substituents is 1. The van der Waals surface area contributed by atoms with E-state index in [1.54, 1.807) is 24.4 Å². The number of carbonyl (C=O) groups is 1. The monoisotopic (exact) mass is 416 g/mol. The number of carbonyl (C=O) groups excluding carboxylic acids is 1. The molecule has 0 aliphatic carbocycles. The lowest BCUT2D eigenvalue weighted by Gasteiger charge is -2.33. The van der Waals surface area contributed by atoms with Gasteiger partial charge in [0.1, 0.15) is 11.6 Å². The van der Waals surface area contributed by atoms with Crippen LogP contribution in [0.5, 0.6) is 0 Å². The molecule has 1 N–H and O–H groups in total. The van der Waals surface area contributed by atoms with Gasteiger partial charge in [0.05, 0.1) is 28.0 Å². The van der Waals surface area contributed by atoms with Crippen molar-refractivity contribution in [2.24, 2.45) is 5.92 Å². The number of aryl methyl sites for hydroxylation is 1. The van der Waals surface area contributed by atoms with Crippen molar-refractivity contribution < 1.29 is 9.72 Å². The second-order valence-electron chi connectivity index (χ2n) is 7.59. The quantitative estimate of drug-likeness (QED) is 0.509. The molecule has 1 aromatic carbocycles. The van der Waals surface area contributed by atoms with Crippen LogP contribution < -0.4 is 10.2 Å². The molecule has 2 aromatic heterocycles. The molecule has 9 heteroatoms. The fourth-order valence-electron chi connectivity index (χ4n) is 3.74. The average Bonchev–Trinajstić information content (AvgIpc) is 2.79. The molecule has 1 aliphatic heterocycles. The van der Waals surface area contributed by atoms with Crippen molar-refractivity contribution in [2.75, 3.05) is 23.3 Å². The van der Waals surface area contributed by atoms with E-state index in [0.717, 1.165) is 18.4 Å². The van der Waals surface area contributed by atoms with Gasteiger partial charge in [0.2, 0.25) is 5.91 Å². The van der Waals surface area contributed by atoms with E-state index in [4.69, 9.17) is 0 Å². The molecule has 3 heterocycles. The summed E-state index contributed by atoms with van der Waals surface area (Å²) < 4.78 is 0. The van der Waals surface area contributed by atoms with E-state index in [0.29, 0.717) is 41.2 Å². The highest BCUT2D eigenvalue weighted by Gasteiger charge is 2.27. The summed E-state index contributed by atoms with van der Waals surface area (Å²) in [6, 6.07) is 11.7. The minimum absolute atomic E-state index is 0.0852. The largest absolute Gasteiger partial charge is 0.356 e. The van der Waals surface area contributed by atoms with Gasteiger partial charge < -0.3 is 10.2 Å². The van der Waals surface area contributed by atoms with Gasteiger partial charge in [-0.25, -0.2) is 9.97 Å². The van der Waals surface area contributed by atoms with Crippen LogP contribution in [0.15, 0.2) is 42.6 Å². The number of nitrogens with zero attached hydrogens (tertiary/aromatic N) is 5. The molecule has 1 aliphatic rings. The Bertz CT molecular complexity index is 1200. The average molecular weight is 416 g/mol. The van der Waals surface area contributed by atoms with Crippen LogP contribution >= 0.6 is 0 Å². The molecule has 9 nitrogen and oxygen atoms in total. The molecule has 0 bridgehead atoms. The number of anilines is 2. The molecular weight excluding hydrogens is 396 g/mol. The van der Waals surface area contributed by atoms with E-state index in [-0.39, 0.29) is 17.5 Å². The third kappa shape index (κ3) is 4.28. The maximum Gasteiger partial charge on any atom is 0.270 e. The number of fused-ring (bicyclic) bond motifs is 1. The second kappa shape index (κ2) is 8.36. The van der Waals surface area contributed by atoms with E-state index in [1.165, 1.54) is 12.1 Å². The lowest BCUT2D eigenvalue weighted by Crippen LogP contribution is -2.41. The van der Waals surface area contributed by atoms with Gasteiger partial charge in [-0.3, -0.25) is 14.9 Å². The summed E-state index contributed by atoms with van der Waals surface area (Å²) in [6.07, 6.45) is 3.26. The maximum absolute atomic E-state index is 12.8. The second-order valence-corrected chi connectivity index (χ2v) is 7.59. The van der Waals surface area contributed by atoms with Gasteiger partial charge in [-0.05, 0) is 43.5 Å². The van der Waals surface area contributed by atoms with E-state index >= 15 is 0 Å². The predicted octanol–water partition coefficient (Wildman–Crippen LogP) is 3.57. The van der Waals surface area contributed by atoms with Crippen molar-refractivity contribution in [1.82, 2.24) is 9.97 Å². The highest BCUT2D eigenvalue weighted by atomic mass is 16.6. The zero-order chi connectivity index (χ0) is 22.0. The summed E-state index contributed by atoms with van der Waals surface area (Å²) >= 11 is 0. The Balaban J connectivity index is 1.56. The Labute approximate surface area is 178 Å². The Morgan fingerprint density at radius 2 is 2.16 bits per heavy atom. The molecule has 1 atom stereocenters.